The minimum atomic E-state index is -1.10. The van der Waals surface area contributed by atoms with Crippen molar-refractivity contribution in [2.45, 2.75) is 0 Å². The van der Waals surface area contributed by atoms with Crippen LogP contribution in [-0.2, 0) is 0 Å². The van der Waals surface area contributed by atoms with Gasteiger partial charge in [0.2, 0.25) is 0 Å². The van der Waals surface area contributed by atoms with E-state index in [9.17, 15) is 19.8 Å². The van der Waals surface area contributed by atoms with E-state index in [1.165, 1.54) is 34.8 Å². The van der Waals surface area contributed by atoms with Crippen molar-refractivity contribution in [1.29, 1.82) is 0 Å². The molecule has 0 aliphatic rings. The Hall–Kier alpha value is -1.13. The number of hydrogen-bond donors (Lipinski definition) is 0. The molecule has 0 N–H and O–H groups in total. The maximum Gasteiger partial charge on any atom is 2.00 e. The third kappa shape index (κ3) is 5.66. The molecular formula is C10H6AlO4S2. The zero-order chi connectivity index (χ0) is 12.0. The normalized spacial score (nSPS) is 8.47. The number of carbonyl (C=O) groups is 2. The molecule has 0 saturated heterocycles. The minimum Gasteiger partial charge on any atom is -0.544 e. The molecule has 2 heterocycles. The topological polar surface area (TPSA) is 80.3 Å². The number of carboxylic acids is 2. The van der Waals surface area contributed by atoms with Gasteiger partial charge in [-0.2, -0.15) is 0 Å². The second kappa shape index (κ2) is 8.04. The summed E-state index contributed by atoms with van der Waals surface area (Å²) in [6.07, 6.45) is 0. The zero-order valence-electron chi connectivity index (χ0n) is 8.49. The summed E-state index contributed by atoms with van der Waals surface area (Å²) in [7, 11) is 0. The Morgan fingerprint density at radius 3 is 1.35 bits per heavy atom. The maximum absolute atomic E-state index is 9.96. The molecule has 0 atom stereocenters. The number of thiophene rings is 2. The molecule has 2 aromatic heterocycles. The number of aromatic carboxylic acids is 2. The molecule has 2 aromatic rings. The van der Waals surface area contributed by atoms with Crippen LogP contribution in [-0.4, -0.2) is 29.3 Å². The zero-order valence-corrected chi connectivity index (χ0v) is 11.3. The van der Waals surface area contributed by atoms with Crippen LogP contribution in [0.15, 0.2) is 35.0 Å². The predicted molar refractivity (Wildman–Crippen MR) is 63.1 cm³/mol. The van der Waals surface area contributed by atoms with Gasteiger partial charge in [0.15, 0.2) is 0 Å². The van der Waals surface area contributed by atoms with Gasteiger partial charge in [0.05, 0.1) is 11.9 Å². The first-order valence-corrected chi connectivity index (χ1v) is 5.87. The van der Waals surface area contributed by atoms with Crippen molar-refractivity contribution < 1.29 is 19.8 Å². The van der Waals surface area contributed by atoms with Gasteiger partial charge in [-0.05, 0) is 22.9 Å². The average molecular weight is 281 g/mol. The second-order valence-electron chi connectivity index (χ2n) is 2.53. The summed E-state index contributed by atoms with van der Waals surface area (Å²) in [5.41, 5.74) is 0. The third-order valence-electron chi connectivity index (χ3n) is 1.44. The molecule has 85 valence electrons. The van der Waals surface area contributed by atoms with Gasteiger partial charge in [0.1, 0.15) is 0 Å². The molecule has 0 aliphatic carbocycles. The fourth-order valence-electron chi connectivity index (χ4n) is 0.789. The van der Waals surface area contributed by atoms with Crippen LogP contribution < -0.4 is 10.2 Å². The van der Waals surface area contributed by atoms with Crippen molar-refractivity contribution in [2.75, 3.05) is 0 Å². The monoisotopic (exact) mass is 281 g/mol. The van der Waals surface area contributed by atoms with Gasteiger partial charge >= 0.3 is 17.4 Å². The van der Waals surface area contributed by atoms with E-state index < -0.39 is 11.9 Å². The van der Waals surface area contributed by atoms with Gasteiger partial charge in [0, 0.05) is 9.75 Å². The van der Waals surface area contributed by atoms with Crippen LogP contribution in [0, 0.1) is 0 Å². The molecule has 1 radical (unpaired) electrons. The average Bonchev–Trinajstić information content (AvgIpc) is 2.93. The Morgan fingerprint density at radius 1 is 0.882 bits per heavy atom. The van der Waals surface area contributed by atoms with Gasteiger partial charge in [0.25, 0.3) is 0 Å². The Kier molecular flexibility index (Phi) is 7.50. The molecule has 17 heavy (non-hydrogen) atoms. The van der Waals surface area contributed by atoms with E-state index in [0.717, 1.165) is 0 Å². The number of carboxylic acid groups (broad SMARTS) is 2. The van der Waals surface area contributed by atoms with Crippen LogP contribution in [0.4, 0.5) is 0 Å². The van der Waals surface area contributed by atoms with E-state index in [4.69, 9.17) is 0 Å². The summed E-state index contributed by atoms with van der Waals surface area (Å²) in [6.45, 7) is 0. The van der Waals surface area contributed by atoms with E-state index in [-0.39, 0.29) is 27.1 Å². The first-order valence-electron chi connectivity index (χ1n) is 4.11. The molecule has 0 aliphatic heterocycles. The second-order valence-corrected chi connectivity index (χ2v) is 4.42. The van der Waals surface area contributed by atoms with Crippen LogP contribution in [0.1, 0.15) is 19.3 Å². The van der Waals surface area contributed by atoms with Gasteiger partial charge in [-0.1, -0.05) is 12.1 Å². The van der Waals surface area contributed by atoms with Crippen LogP contribution in [0.5, 0.6) is 0 Å². The molecular weight excluding hydrogens is 275 g/mol. The number of carbonyl (C=O) groups excluding carboxylic acids is 2. The SMILES string of the molecule is O=C([O-])c1cccs1.O=C([O-])c1cccs1.[Al+2]. The number of rotatable bonds is 2. The number of hydrogen-bond acceptors (Lipinski definition) is 6. The summed E-state index contributed by atoms with van der Waals surface area (Å²) in [4.78, 5) is 20.5. The van der Waals surface area contributed by atoms with E-state index >= 15 is 0 Å². The minimum absolute atomic E-state index is 0. The van der Waals surface area contributed by atoms with Crippen LogP contribution in [0.3, 0.4) is 0 Å². The van der Waals surface area contributed by atoms with Crippen molar-refractivity contribution in [3.8, 4) is 0 Å². The van der Waals surface area contributed by atoms with Crippen molar-refractivity contribution in [2.24, 2.45) is 0 Å². The van der Waals surface area contributed by atoms with E-state index in [0.29, 0.717) is 0 Å². The Morgan fingerprint density at radius 2 is 1.24 bits per heavy atom. The largest absolute Gasteiger partial charge is 2.00 e. The molecule has 0 unspecified atom stereocenters. The molecule has 0 fully saturated rings. The Labute approximate surface area is 116 Å². The van der Waals surface area contributed by atoms with Gasteiger partial charge in [-0.15, -0.1) is 22.7 Å². The molecule has 4 nitrogen and oxygen atoms in total. The van der Waals surface area contributed by atoms with Crippen molar-refractivity contribution in [3.63, 3.8) is 0 Å². The first kappa shape index (κ1) is 15.9. The summed E-state index contributed by atoms with van der Waals surface area (Å²) < 4.78 is 0. The molecule has 0 bridgehead atoms. The van der Waals surface area contributed by atoms with Crippen molar-refractivity contribution in [3.05, 3.63) is 44.8 Å². The fourth-order valence-corrected chi connectivity index (χ4v) is 1.90. The summed E-state index contributed by atoms with van der Waals surface area (Å²) in [5, 5.41) is 23.3. The standard InChI is InChI=1S/2C5H4O2S.Al/c2*6-5(7)4-2-1-3-8-4;/h2*1-3H,(H,6,7);/q;;+2/p-2. The van der Waals surface area contributed by atoms with Crippen LogP contribution in [0.25, 0.3) is 0 Å². The molecule has 0 saturated carbocycles. The summed E-state index contributed by atoms with van der Waals surface area (Å²) in [6, 6.07) is 6.38. The quantitative estimate of drug-likeness (QED) is 0.717. The fraction of sp³-hybridized carbons (Fsp3) is 0. The predicted octanol–water partition coefficient (Wildman–Crippen LogP) is -0.158. The Bertz CT molecular complexity index is 406. The molecule has 0 spiro atoms. The molecule has 0 aromatic carbocycles. The van der Waals surface area contributed by atoms with Crippen molar-refractivity contribution in [1.82, 2.24) is 0 Å². The summed E-state index contributed by atoms with van der Waals surface area (Å²) in [5.74, 6) is -2.19. The van der Waals surface area contributed by atoms with E-state index in [1.807, 2.05) is 0 Å². The maximum atomic E-state index is 9.96. The first-order chi connectivity index (χ1) is 7.61. The smallest absolute Gasteiger partial charge is 0.544 e. The van der Waals surface area contributed by atoms with Crippen molar-refractivity contribution >= 4 is 52.0 Å². The van der Waals surface area contributed by atoms with Crippen LogP contribution in [0.2, 0.25) is 0 Å². The molecule has 7 heteroatoms. The van der Waals surface area contributed by atoms with Gasteiger partial charge in [-0.25, -0.2) is 0 Å². The van der Waals surface area contributed by atoms with E-state index in [1.54, 1.807) is 22.9 Å². The van der Waals surface area contributed by atoms with Gasteiger partial charge < -0.3 is 19.8 Å². The summed E-state index contributed by atoms with van der Waals surface area (Å²) >= 11 is 2.34. The third-order valence-corrected chi connectivity index (χ3v) is 3.14. The van der Waals surface area contributed by atoms with E-state index in [2.05, 4.69) is 0 Å². The molecule has 0 amide bonds. The molecule has 2 rings (SSSR count). The van der Waals surface area contributed by atoms with Gasteiger partial charge in [-0.3, -0.25) is 0 Å². The Balaban J connectivity index is 0.000000284. The van der Waals surface area contributed by atoms with Crippen LogP contribution >= 0.6 is 22.7 Å².